The molecule has 3 rings (SSSR count). The molecule has 34 heavy (non-hydrogen) atoms. The normalized spacial score (nSPS) is 15.0. The van der Waals surface area contributed by atoms with Gasteiger partial charge in [-0.15, -0.1) is 0 Å². The number of carbonyl (C=O) groups excluding carboxylic acids is 3. The fourth-order valence-corrected chi connectivity index (χ4v) is 5.19. The van der Waals surface area contributed by atoms with E-state index < -0.39 is 51.3 Å². The monoisotopic (exact) mass is 491 g/mol. The summed E-state index contributed by atoms with van der Waals surface area (Å²) in [6.07, 6.45) is 0. The second kappa shape index (κ2) is 9.51. The molecule has 2 aromatic carbocycles. The second-order valence-electron chi connectivity index (χ2n) is 8.07. The molecule has 9 nitrogen and oxygen atoms in total. The van der Waals surface area contributed by atoms with E-state index in [1.54, 1.807) is 52.0 Å². The molecule has 0 unspecified atom stereocenters. The number of esters is 1. The number of ether oxygens (including phenoxy) is 1. The molecule has 0 aromatic heterocycles. The highest BCUT2D eigenvalue weighted by atomic mass is 32.2. The molecule has 1 N–H and O–H groups in total. The molecule has 0 saturated heterocycles. The van der Waals surface area contributed by atoms with Gasteiger partial charge >= 0.3 is 5.97 Å². The number of anilines is 2. The lowest BCUT2D eigenvalue weighted by Crippen LogP contribution is -2.59. The zero-order chi connectivity index (χ0) is 25.3. The quantitative estimate of drug-likeness (QED) is 0.596. The van der Waals surface area contributed by atoms with Crippen molar-refractivity contribution in [3.05, 3.63) is 53.8 Å². The average Bonchev–Trinajstić information content (AvgIpc) is 2.78. The van der Waals surface area contributed by atoms with Crippen molar-refractivity contribution in [2.24, 2.45) is 0 Å². The van der Waals surface area contributed by atoms with Crippen LogP contribution in [0.5, 0.6) is 0 Å². The van der Waals surface area contributed by atoms with Gasteiger partial charge in [-0.3, -0.25) is 14.5 Å². The van der Waals surface area contributed by atoms with Gasteiger partial charge in [0.1, 0.15) is 11.4 Å². The van der Waals surface area contributed by atoms with Crippen LogP contribution in [0, 0.1) is 5.82 Å². The zero-order valence-corrected chi connectivity index (χ0v) is 20.1. The van der Waals surface area contributed by atoms with Crippen molar-refractivity contribution in [2.75, 3.05) is 29.9 Å². The number of sulfonamides is 1. The molecule has 2 amide bonds. The third kappa shape index (κ3) is 4.53. The molecule has 11 heteroatoms. The Bertz CT molecular complexity index is 1240. The topological polar surface area (TPSA) is 113 Å². The molecule has 1 aliphatic rings. The maximum absolute atomic E-state index is 14.4. The van der Waals surface area contributed by atoms with Crippen molar-refractivity contribution in [1.29, 1.82) is 0 Å². The molecule has 0 atom stereocenters. The lowest BCUT2D eigenvalue weighted by atomic mass is 9.96. The summed E-state index contributed by atoms with van der Waals surface area (Å²) in [4.78, 5) is 39.1. The first kappa shape index (κ1) is 25.3. The van der Waals surface area contributed by atoms with Crippen molar-refractivity contribution in [1.82, 2.24) is 4.31 Å². The van der Waals surface area contributed by atoms with E-state index in [9.17, 15) is 27.2 Å². The Morgan fingerprint density at radius 2 is 1.76 bits per heavy atom. The molecule has 0 spiro atoms. The molecule has 0 fully saturated rings. The van der Waals surface area contributed by atoms with Gasteiger partial charge in [-0.05, 0) is 44.2 Å². The van der Waals surface area contributed by atoms with Crippen molar-refractivity contribution in [3.8, 4) is 0 Å². The van der Waals surface area contributed by atoms with Crippen LogP contribution in [0.15, 0.2) is 47.4 Å². The van der Waals surface area contributed by atoms with Crippen molar-refractivity contribution in [3.63, 3.8) is 0 Å². The standard InChI is InChI=1S/C23H26FN3O6S/c1-5-26(6-2)34(31,32)15-11-12-17(24)16(13-15)21(29)33-14-20(28)27-19-10-8-7-9-18(19)25-22(30)23(27,3)4/h7-13H,5-6,14H2,1-4H3,(H,25,30). The highest BCUT2D eigenvalue weighted by molar-refractivity contribution is 7.89. The van der Waals surface area contributed by atoms with Crippen LogP contribution in [0.3, 0.4) is 0 Å². The smallest absolute Gasteiger partial charge is 0.341 e. The number of nitrogens with one attached hydrogen (secondary N) is 1. The Morgan fingerprint density at radius 1 is 1.12 bits per heavy atom. The van der Waals surface area contributed by atoms with Crippen LogP contribution >= 0.6 is 0 Å². The third-order valence-corrected chi connectivity index (χ3v) is 7.63. The Hall–Kier alpha value is -3.31. The van der Waals surface area contributed by atoms with Crippen molar-refractivity contribution in [2.45, 2.75) is 38.1 Å². The van der Waals surface area contributed by atoms with Gasteiger partial charge in [0.05, 0.1) is 21.8 Å². The minimum Gasteiger partial charge on any atom is -0.452 e. The number of fused-ring (bicyclic) bond motifs is 1. The van der Waals surface area contributed by atoms with Gasteiger partial charge in [-0.1, -0.05) is 26.0 Å². The summed E-state index contributed by atoms with van der Waals surface area (Å²) in [6.45, 7) is 6.02. The van der Waals surface area contributed by atoms with E-state index in [0.717, 1.165) is 18.2 Å². The van der Waals surface area contributed by atoms with Gasteiger partial charge in [0.2, 0.25) is 15.9 Å². The fraction of sp³-hybridized carbons (Fsp3) is 0.348. The number of halogens is 1. The molecule has 182 valence electrons. The maximum Gasteiger partial charge on any atom is 0.341 e. The van der Waals surface area contributed by atoms with Crippen LogP contribution in [0.1, 0.15) is 38.1 Å². The summed E-state index contributed by atoms with van der Waals surface area (Å²) >= 11 is 0. The van der Waals surface area contributed by atoms with E-state index in [2.05, 4.69) is 5.32 Å². The lowest BCUT2D eigenvalue weighted by Gasteiger charge is -2.41. The Balaban J connectivity index is 1.84. The summed E-state index contributed by atoms with van der Waals surface area (Å²) in [5.74, 6) is -3.31. The predicted molar refractivity (Wildman–Crippen MR) is 123 cm³/mol. The summed E-state index contributed by atoms with van der Waals surface area (Å²) in [6, 6.07) is 9.48. The molecule has 1 heterocycles. The molecular weight excluding hydrogens is 465 g/mol. The number of carbonyl (C=O) groups is 3. The molecule has 1 aliphatic heterocycles. The number of hydrogen-bond donors (Lipinski definition) is 1. The van der Waals surface area contributed by atoms with Crippen LogP contribution in [-0.2, 0) is 24.3 Å². The van der Waals surface area contributed by atoms with Gasteiger partial charge < -0.3 is 10.1 Å². The average molecular weight is 492 g/mol. The van der Waals surface area contributed by atoms with Gasteiger partial charge in [0.25, 0.3) is 5.91 Å². The first-order valence-corrected chi connectivity index (χ1v) is 12.1. The number of hydrogen-bond acceptors (Lipinski definition) is 6. The second-order valence-corrected chi connectivity index (χ2v) is 10.0. The SMILES string of the molecule is CCN(CC)S(=O)(=O)c1ccc(F)c(C(=O)OCC(=O)N2c3ccccc3NC(=O)C2(C)C)c1. The van der Waals surface area contributed by atoms with Crippen molar-refractivity contribution >= 4 is 39.2 Å². The molecule has 0 bridgehead atoms. The van der Waals surface area contributed by atoms with Gasteiger partial charge in [0, 0.05) is 13.1 Å². The van der Waals surface area contributed by atoms with Crippen LogP contribution in [0.25, 0.3) is 0 Å². The summed E-state index contributed by atoms with van der Waals surface area (Å²) in [5.41, 5.74) is -1.04. The lowest BCUT2D eigenvalue weighted by molar-refractivity contribution is -0.128. The highest BCUT2D eigenvalue weighted by Crippen LogP contribution is 2.36. The summed E-state index contributed by atoms with van der Waals surface area (Å²) in [5, 5.41) is 2.72. The number of benzene rings is 2. The van der Waals surface area contributed by atoms with Crippen LogP contribution in [0.4, 0.5) is 15.8 Å². The van der Waals surface area contributed by atoms with E-state index in [4.69, 9.17) is 4.74 Å². The number of para-hydroxylation sites is 2. The zero-order valence-electron chi connectivity index (χ0n) is 19.3. The van der Waals surface area contributed by atoms with E-state index in [0.29, 0.717) is 11.4 Å². The highest BCUT2D eigenvalue weighted by Gasteiger charge is 2.43. The summed E-state index contributed by atoms with van der Waals surface area (Å²) < 4.78 is 46.0. The first-order valence-electron chi connectivity index (χ1n) is 10.7. The minimum atomic E-state index is -3.94. The minimum absolute atomic E-state index is 0.200. The van der Waals surface area contributed by atoms with Crippen molar-refractivity contribution < 1.29 is 31.9 Å². The van der Waals surface area contributed by atoms with Crippen LogP contribution < -0.4 is 10.2 Å². The van der Waals surface area contributed by atoms with Gasteiger partial charge in [-0.25, -0.2) is 17.6 Å². The number of rotatable bonds is 7. The molecule has 0 saturated carbocycles. The van der Waals surface area contributed by atoms with Crippen LogP contribution in [-0.4, -0.2) is 55.7 Å². The third-order valence-electron chi connectivity index (χ3n) is 5.58. The molecular formula is C23H26FN3O6S. The van der Waals surface area contributed by atoms with Gasteiger partial charge in [-0.2, -0.15) is 4.31 Å². The predicted octanol–water partition coefficient (Wildman–Crippen LogP) is 2.78. The summed E-state index contributed by atoms with van der Waals surface area (Å²) in [7, 11) is -3.94. The number of amides is 2. The Kier molecular flexibility index (Phi) is 7.08. The van der Waals surface area contributed by atoms with E-state index >= 15 is 0 Å². The number of nitrogens with zero attached hydrogens (tertiary/aromatic N) is 2. The van der Waals surface area contributed by atoms with E-state index in [1.807, 2.05) is 0 Å². The Labute approximate surface area is 197 Å². The molecule has 0 aliphatic carbocycles. The van der Waals surface area contributed by atoms with E-state index in [-0.39, 0.29) is 18.0 Å². The van der Waals surface area contributed by atoms with Crippen LogP contribution in [0.2, 0.25) is 0 Å². The molecule has 0 radical (unpaired) electrons. The maximum atomic E-state index is 14.4. The first-order chi connectivity index (χ1) is 15.9. The molecule has 2 aromatic rings. The fourth-order valence-electron chi connectivity index (χ4n) is 3.70. The Morgan fingerprint density at radius 3 is 2.41 bits per heavy atom. The largest absolute Gasteiger partial charge is 0.452 e. The van der Waals surface area contributed by atoms with E-state index in [1.165, 1.54) is 9.21 Å². The van der Waals surface area contributed by atoms with Gasteiger partial charge in [0.15, 0.2) is 6.61 Å².